The summed E-state index contributed by atoms with van der Waals surface area (Å²) in [7, 11) is 1.63. The Morgan fingerprint density at radius 1 is 1.21 bits per heavy atom. The third-order valence-corrected chi connectivity index (χ3v) is 3.41. The van der Waals surface area contributed by atoms with Gasteiger partial charge in [-0.05, 0) is 48.7 Å². The monoisotopic (exact) mass is 349 g/mol. The lowest BCUT2D eigenvalue weighted by Gasteiger charge is -2.12. The Labute approximate surface area is 149 Å². The minimum Gasteiger partial charge on any atom is -0.497 e. The SMILES string of the molecule is COc1ccc(Nc2ncccc2C(=O)NCCC(C)C)cc1.Cl. The average molecular weight is 350 g/mol. The fourth-order valence-corrected chi connectivity index (χ4v) is 2.07. The summed E-state index contributed by atoms with van der Waals surface area (Å²) in [6.45, 7) is 4.92. The van der Waals surface area contributed by atoms with Crippen LogP contribution in [0.25, 0.3) is 0 Å². The molecule has 1 aromatic heterocycles. The van der Waals surface area contributed by atoms with Gasteiger partial charge in [-0.2, -0.15) is 0 Å². The molecule has 1 amide bonds. The smallest absolute Gasteiger partial charge is 0.255 e. The topological polar surface area (TPSA) is 63.2 Å². The molecule has 0 aliphatic heterocycles. The first-order chi connectivity index (χ1) is 11.1. The van der Waals surface area contributed by atoms with E-state index in [9.17, 15) is 4.79 Å². The van der Waals surface area contributed by atoms with Crippen LogP contribution in [0.3, 0.4) is 0 Å². The number of pyridine rings is 1. The van der Waals surface area contributed by atoms with Crippen molar-refractivity contribution in [3.63, 3.8) is 0 Å². The third-order valence-electron chi connectivity index (χ3n) is 3.41. The highest BCUT2D eigenvalue weighted by molar-refractivity contribution is 5.99. The van der Waals surface area contributed by atoms with E-state index in [0.717, 1.165) is 17.9 Å². The van der Waals surface area contributed by atoms with Gasteiger partial charge in [0.05, 0.1) is 12.7 Å². The maximum atomic E-state index is 12.3. The van der Waals surface area contributed by atoms with Crippen LogP contribution in [0, 0.1) is 5.92 Å². The number of ether oxygens (including phenoxy) is 1. The summed E-state index contributed by atoms with van der Waals surface area (Å²) in [4.78, 5) is 16.6. The van der Waals surface area contributed by atoms with Gasteiger partial charge < -0.3 is 15.4 Å². The van der Waals surface area contributed by atoms with Gasteiger partial charge in [-0.25, -0.2) is 4.98 Å². The zero-order valence-corrected chi connectivity index (χ0v) is 15.0. The van der Waals surface area contributed by atoms with Crippen LogP contribution in [0.2, 0.25) is 0 Å². The second-order valence-electron chi connectivity index (χ2n) is 5.69. The minimum atomic E-state index is -0.116. The molecule has 0 radical (unpaired) electrons. The van der Waals surface area contributed by atoms with Crippen LogP contribution in [-0.4, -0.2) is 24.5 Å². The van der Waals surface area contributed by atoms with Crippen molar-refractivity contribution in [2.75, 3.05) is 19.0 Å². The minimum absolute atomic E-state index is 0. The van der Waals surface area contributed by atoms with E-state index in [1.165, 1.54) is 0 Å². The number of nitrogens with one attached hydrogen (secondary N) is 2. The molecule has 0 saturated carbocycles. The first-order valence-electron chi connectivity index (χ1n) is 7.74. The Kier molecular flexibility index (Phi) is 8.06. The van der Waals surface area contributed by atoms with Crippen molar-refractivity contribution in [2.24, 2.45) is 5.92 Å². The van der Waals surface area contributed by atoms with Crippen molar-refractivity contribution in [3.05, 3.63) is 48.2 Å². The number of anilines is 2. The maximum Gasteiger partial charge on any atom is 0.255 e. The third kappa shape index (κ3) is 5.74. The van der Waals surface area contributed by atoms with Gasteiger partial charge >= 0.3 is 0 Å². The fraction of sp³-hybridized carbons (Fsp3) is 0.333. The van der Waals surface area contributed by atoms with Crippen molar-refractivity contribution >= 4 is 29.8 Å². The number of methoxy groups -OCH3 is 1. The standard InChI is InChI=1S/C18H23N3O2.ClH/c1-13(2)10-12-20-18(22)16-5-4-11-19-17(16)21-14-6-8-15(23-3)9-7-14;/h4-9,11,13H,10,12H2,1-3H3,(H,19,21)(H,20,22);1H. The molecule has 6 heteroatoms. The first kappa shape index (κ1) is 19.8. The van der Waals surface area contributed by atoms with E-state index in [-0.39, 0.29) is 18.3 Å². The molecule has 0 aliphatic carbocycles. The largest absolute Gasteiger partial charge is 0.497 e. The molecule has 2 aromatic rings. The molecular weight excluding hydrogens is 326 g/mol. The fourth-order valence-electron chi connectivity index (χ4n) is 2.07. The summed E-state index contributed by atoms with van der Waals surface area (Å²) in [5.74, 6) is 1.76. The maximum absolute atomic E-state index is 12.3. The van der Waals surface area contributed by atoms with E-state index in [4.69, 9.17) is 4.74 Å². The van der Waals surface area contributed by atoms with Gasteiger partial charge in [-0.1, -0.05) is 13.8 Å². The molecule has 0 atom stereocenters. The Hall–Kier alpha value is -2.27. The predicted octanol–water partition coefficient (Wildman–Crippen LogP) is 4.03. The lowest BCUT2D eigenvalue weighted by Crippen LogP contribution is -2.26. The zero-order valence-electron chi connectivity index (χ0n) is 14.2. The van der Waals surface area contributed by atoms with Crippen molar-refractivity contribution in [3.8, 4) is 5.75 Å². The molecule has 130 valence electrons. The van der Waals surface area contributed by atoms with Crippen LogP contribution < -0.4 is 15.4 Å². The molecule has 0 aliphatic rings. The summed E-state index contributed by atoms with van der Waals surface area (Å²) < 4.78 is 5.14. The summed E-state index contributed by atoms with van der Waals surface area (Å²) in [6.07, 6.45) is 2.62. The Morgan fingerprint density at radius 2 is 1.92 bits per heavy atom. The van der Waals surface area contributed by atoms with Gasteiger partial charge in [-0.3, -0.25) is 4.79 Å². The second kappa shape index (κ2) is 9.78. The number of carbonyl (C=O) groups excluding carboxylic acids is 1. The molecular formula is C18H24ClN3O2. The molecule has 24 heavy (non-hydrogen) atoms. The van der Waals surface area contributed by atoms with Crippen LogP contribution >= 0.6 is 12.4 Å². The van der Waals surface area contributed by atoms with E-state index < -0.39 is 0 Å². The highest BCUT2D eigenvalue weighted by atomic mass is 35.5. The molecule has 0 fully saturated rings. The summed E-state index contributed by atoms with van der Waals surface area (Å²) in [5, 5.41) is 6.11. The van der Waals surface area contributed by atoms with Crippen LogP contribution in [0.15, 0.2) is 42.6 Å². The van der Waals surface area contributed by atoms with E-state index in [1.54, 1.807) is 25.4 Å². The molecule has 0 saturated heterocycles. The van der Waals surface area contributed by atoms with Gasteiger partial charge in [0, 0.05) is 18.4 Å². The molecule has 0 spiro atoms. The van der Waals surface area contributed by atoms with E-state index in [1.807, 2.05) is 24.3 Å². The Morgan fingerprint density at radius 3 is 2.54 bits per heavy atom. The molecule has 1 aromatic carbocycles. The number of hydrogen-bond acceptors (Lipinski definition) is 4. The lowest BCUT2D eigenvalue weighted by atomic mass is 10.1. The van der Waals surface area contributed by atoms with Gasteiger partial charge in [0.2, 0.25) is 0 Å². The number of aromatic nitrogens is 1. The van der Waals surface area contributed by atoms with E-state index in [0.29, 0.717) is 23.8 Å². The first-order valence-corrected chi connectivity index (χ1v) is 7.74. The highest BCUT2D eigenvalue weighted by Crippen LogP contribution is 2.21. The number of benzene rings is 1. The summed E-state index contributed by atoms with van der Waals surface area (Å²) in [5.41, 5.74) is 1.38. The Balaban J connectivity index is 0.00000288. The van der Waals surface area contributed by atoms with Crippen molar-refractivity contribution in [2.45, 2.75) is 20.3 Å². The number of halogens is 1. The van der Waals surface area contributed by atoms with E-state index >= 15 is 0 Å². The van der Waals surface area contributed by atoms with Gasteiger partial charge in [-0.15, -0.1) is 12.4 Å². The van der Waals surface area contributed by atoms with Gasteiger partial charge in [0.1, 0.15) is 11.6 Å². The Bertz CT molecular complexity index is 645. The molecule has 2 rings (SSSR count). The molecule has 5 nitrogen and oxygen atoms in total. The molecule has 1 heterocycles. The number of hydrogen-bond donors (Lipinski definition) is 2. The number of nitrogens with zero attached hydrogens (tertiary/aromatic N) is 1. The number of amides is 1. The normalized spacial score (nSPS) is 10.0. The van der Waals surface area contributed by atoms with Crippen molar-refractivity contribution in [1.29, 1.82) is 0 Å². The quantitative estimate of drug-likeness (QED) is 0.792. The van der Waals surface area contributed by atoms with Crippen LogP contribution in [0.5, 0.6) is 5.75 Å². The summed E-state index contributed by atoms with van der Waals surface area (Å²) in [6, 6.07) is 11.0. The van der Waals surface area contributed by atoms with E-state index in [2.05, 4.69) is 29.5 Å². The lowest BCUT2D eigenvalue weighted by molar-refractivity contribution is 0.0952. The van der Waals surface area contributed by atoms with Crippen molar-refractivity contribution < 1.29 is 9.53 Å². The van der Waals surface area contributed by atoms with Crippen LogP contribution in [-0.2, 0) is 0 Å². The predicted molar refractivity (Wildman–Crippen MR) is 99.5 cm³/mol. The zero-order chi connectivity index (χ0) is 16.7. The number of carbonyl (C=O) groups is 1. The summed E-state index contributed by atoms with van der Waals surface area (Å²) >= 11 is 0. The molecule has 2 N–H and O–H groups in total. The van der Waals surface area contributed by atoms with Crippen LogP contribution in [0.4, 0.5) is 11.5 Å². The molecule has 0 bridgehead atoms. The van der Waals surface area contributed by atoms with Gasteiger partial charge in [0.15, 0.2) is 0 Å². The van der Waals surface area contributed by atoms with Crippen LogP contribution in [0.1, 0.15) is 30.6 Å². The second-order valence-corrected chi connectivity index (χ2v) is 5.69. The average Bonchev–Trinajstić information content (AvgIpc) is 2.55. The highest BCUT2D eigenvalue weighted by Gasteiger charge is 2.12. The van der Waals surface area contributed by atoms with Crippen molar-refractivity contribution in [1.82, 2.24) is 10.3 Å². The van der Waals surface area contributed by atoms with Gasteiger partial charge in [0.25, 0.3) is 5.91 Å². The molecule has 0 unspecified atom stereocenters. The number of rotatable bonds is 7.